The predicted octanol–water partition coefficient (Wildman–Crippen LogP) is 2.89. The van der Waals surface area contributed by atoms with Crippen LogP contribution in [0.4, 0.5) is 0 Å². The van der Waals surface area contributed by atoms with E-state index in [-0.39, 0.29) is 11.4 Å². The van der Waals surface area contributed by atoms with Gasteiger partial charge in [-0.3, -0.25) is 9.00 Å². The maximum Gasteiger partial charge on any atom is 0.235 e. The monoisotopic (exact) mass is 301 g/mol. The van der Waals surface area contributed by atoms with Gasteiger partial charge in [-0.2, -0.15) is 0 Å². The molecule has 0 aromatic heterocycles. The van der Waals surface area contributed by atoms with Crippen molar-refractivity contribution in [1.29, 1.82) is 0 Å². The van der Waals surface area contributed by atoms with Crippen LogP contribution in [0.3, 0.4) is 0 Å². The van der Waals surface area contributed by atoms with E-state index in [2.05, 4.69) is 5.32 Å². The van der Waals surface area contributed by atoms with Crippen LogP contribution in [-0.4, -0.2) is 20.9 Å². The minimum absolute atomic E-state index is 0.187. The van der Waals surface area contributed by atoms with Crippen molar-refractivity contribution in [2.75, 3.05) is 0 Å². The molecule has 0 aliphatic heterocycles. The molecule has 5 heteroatoms. The Morgan fingerprint density at radius 1 is 1.42 bits per heavy atom. The Morgan fingerprint density at radius 3 is 2.58 bits per heavy atom. The minimum atomic E-state index is -1.26. The third-order valence-electron chi connectivity index (χ3n) is 2.46. The zero-order valence-electron chi connectivity index (χ0n) is 11.7. The van der Waals surface area contributed by atoms with Crippen molar-refractivity contribution in [2.45, 2.75) is 44.2 Å². The topological polar surface area (TPSA) is 46.2 Å². The van der Waals surface area contributed by atoms with Crippen molar-refractivity contribution < 1.29 is 9.00 Å². The van der Waals surface area contributed by atoms with Gasteiger partial charge in [0.1, 0.15) is 5.25 Å². The molecule has 0 radical (unpaired) electrons. The van der Waals surface area contributed by atoms with Crippen LogP contribution in [0.15, 0.2) is 24.3 Å². The van der Waals surface area contributed by atoms with Gasteiger partial charge < -0.3 is 5.32 Å². The molecule has 0 saturated carbocycles. The van der Waals surface area contributed by atoms with Gasteiger partial charge in [-0.15, -0.1) is 0 Å². The van der Waals surface area contributed by atoms with Gasteiger partial charge >= 0.3 is 0 Å². The molecule has 3 nitrogen and oxygen atoms in total. The van der Waals surface area contributed by atoms with E-state index in [0.29, 0.717) is 10.8 Å². The molecular formula is C14H20ClNO2S. The van der Waals surface area contributed by atoms with Gasteiger partial charge in [-0.05, 0) is 45.4 Å². The summed E-state index contributed by atoms with van der Waals surface area (Å²) >= 11 is 5.88. The van der Waals surface area contributed by atoms with Crippen LogP contribution >= 0.6 is 11.6 Å². The molecule has 106 valence electrons. The average Bonchev–Trinajstić information content (AvgIpc) is 2.25. The molecule has 0 heterocycles. The van der Waals surface area contributed by atoms with Crippen molar-refractivity contribution in [3.8, 4) is 0 Å². The Balaban J connectivity index is 2.65. The Bertz CT molecular complexity index is 483. The third kappa shape index (κ3) is 5.74. The maximum absolute atomic E-state index is 12.2. The van der Waals surface area contributed by atoms with E-state index in [1.54, 1.807) is 19.1 Å². The lowest BCUT2D eigenvalue weighted by molar-refractivity contribution is -0.121. The fourth-order valence-electron chi connectivity index (χ4n) is 1.51. The summed E-state index contributed by atoms with van der Waals surface area (Å²) in [6.07, 6.45) is 0. The third-order valence-corrected chi connectivity index (χ3v) is 4.32. The van der Waals surface area contributed by atoms with Gasteiger partial charge in [-0.25, -0.2) is 0 Å². The van der Waals surface area contributed by atoms with Crippen LogP contribution in [0.25, 0.3) is 0 Å². The first-order valence-corrected chi connectivity index (χ1v) is 7.89. The number of hydrogen-bond acceptors (Lipinski definition) is 2. The number of amides is 1. The highest BCUT2D eigenvalue weighted by molar-refractivity contribution is 7.85. The van der Waals surface area contributed by atoms with Crippen molar-refractivity contribution in [2.24, 2.45) is 0 Å². The van der Waals surface area contributed by atoms with E-state index in [1.807, 2.05) is 32.9 Å². The van der Waals surface area contributed by atoms with E-state index in [0.717, 1.165) is 5.56 Å². The van der Waals surface area contributed by atoms with Crippen molar-refractivity contribution in [3.05, 3.63) is 34.9 Å². The zero-order valence-corrected chi connectivity index (χ0v) is 13.3. The highest BCUT2D eigenvalue weighted by atomic mass is 35.5. The van der Waals surface area contributed by atoms with E-state index >= 15 is 0 Å². The molecular weight excluding hydrogens is 282 g/mol. The molecule has 0 bridgehead atoms. The molecule has 2 atom stereocenters. The van der Waals surface area contributed by atoms with Gasteiger partial charge in [0.25, 0.3) is 0 Å². The molecule has 0 aliphatic carbocycles. The van der Waals surface area contributed by atoms with Gasteiger partial charge in [0.2, 0.25) is 5.91 Å². The summed E-state index contributed by atoms with van der Waals surface area (Å²) in [5.74, 6) is 0.145. The molecule has 0 aliphatic rings. The Labute approximate surface area is 122 Å². The van der Waals surface area contributed by atoms with Crippen LogP contribution in [0.5, 0.6) is 0 Å². The number of benzene rings is 1. The number of carbonyl (C=O) groups is 1. The van der Waals surface area contributed by atoms with Crippen LogP contribution in [-0.2, 0) is 21.3 Å². The first-order valence-electron chi connectivity index (χ1n) is 6.13. The molecule has 1 aromatic carbocycles. The molecule has 1 N–H and O–H groups in total. The maximum atomic E-state index is 12.2. The Kier molecular flexibility index (Phi) is 5.56. The second kappa shape index (κ2) is 6.53. The van der Waals surface area contributed by atoms with Crippen LogP contribution in [0.1, 0.15) is 33.3 Å². The van der Waals surface area contributed by atoms with E-state index in [1.165, 1.54) is 0 Å². The SMILES string of the molecule is C[C@H](C(=O)NC(C)(C)C)[S@@](=O)Cc1cccc(Cl)c1. The summed E-state index contributed by atoms with van der Waals surface area (Å²) in [5.41, 5.74) is 0.562. The van der Waals surface area contributed by atoms with E-state index in [4.69, 9.17) is 11.6 Å². The molecule has 0 fully saturated rings. The number of hydrogen-bond donors (Lipinski definition) is 1. The summed E-state index contributed by atoms with van der Waals surface area (Å²) in [5, 5.41) is 2.91. The molecule has 1 aromatic rings. The minimum Gasteiger partial charge on any atom is -0.350 e. The Morgan fingerprint density at radius 2 is 2.05 bits per heavy atom. The second-order valence-electron chi connectivity index (χ2n) is 5.54. The highest BCUT2D eigenvalue weighted by Gasteiger charge is 2.23. The Hall–Kier alpha value is -0.870. The predicted molar refractivity (Wildman–Crippen MR) is 80.7 cm³/mol. The summed E-state index contributed by atoms with van der Waals surface area (Å²) < 4.78 is 12.2. The summed E-state index contributed by atoms with van der Waals surface area (Å²) in [6, 6.07) is 7.21. The molecule has 0 saturated heterocycles. The molecule has 1 amide bonds. The smallest absolute Gasteiger partial charge is 0.235 e. The average molecular weight is 302 g/mol. The fourth-order valence-corrected chi connectivity index (χ4v) is 2.78. The van der Waals surface area contributed by atoms with Crippen molar-refractivity contribution >= 4 is 28.3 Å². The summed E-state index contributed by atoms with van der Waals surface area (Å²) in [4.78, 5) is 11.9. The number of rotatable bonds is 4. The summed E-state index contributed by atoms with van der Waals surface area (Å²) in [6.45, 7) is 7.38. The fraction of sp³-hybridized carbons (Fsp3) is 0.500. The normalized spacial score (nSPS) is 14.8. The van der Waals surface area contributed by atoms with Gasteiger partial charge in [-0.1, -0.05) is 23.7 Å². The number of nitrogens with one attached hydrogen (secondary N) is 1. The molecule has 19 heavy (non-hydrogen) atoms. The summed E-state index contributed by atoms with van der Waals surface area (Å²) in [7, 11) is -1.26. The lowest BCUT2D eigenvalue weighted by Gasteiger charge is -2.23. The molecule has 0 spiro atoms. The standard InChI is InChI=1S/C14H20ClNO2S/c1-10(13(17)16-14(2,3)4)19(18)9-11-6-5-7-12(15)8-11/h5-8,10H,9H2,1-4H3,(H,16,17)/t10-,19+/m1/s1. The molecule has 0 unspecified atom stereocenters. The largest absolute Gasteiger partial charge is 0.350 e. The van der Waals surface area contributed by atoms with Crippen molar-refractivity contribution in [3.63, 3.8) is 0 Å². The van der Waals surface area contributed by atoms with Crippen LogP contribution in [0.2, 0.25) is 5.02 Å². The van der Waals surface area contributed by atoms with Gasteiger partial charge in [0.15, 0.2) is 0 Å². The lowest BCUT2D eigenvalue weighted by atomic mass is 10.1. The highest BCUT2D eigenvalue weighted by Crippen LogP contribution is 2.14. The van der Waals surface area contributed by atoms with Gasteiger partial charge in [0, 0.05) is 27.1 Å². The quantitative estimate of drug-likeness (QED) is 0.929. The van der Waals surface area contributed by atoms with Gasteiger partial charge in [0.05, 0.1) is 0 Å². The van der Waals surface area contributed by atoms with E-state index in [9.17, 15) is 9.00 Å². The number of carbonyl (C=O) groups excluding carboxylic acids is 1. The lowest BCUT2D eigenvalue weighted by Crippen LogP contribution is -2.46. The number of halogens is 1. The van der Waals surface area contributed by atoms with Crippen LogP contribution in [0, 0.1) is 0 Å². The molecule has 1 rings (SSSR count). The first-order chi connectivity index (χ1) is 8.69. The first kappa shape index (κ1) is 16.2. The van der Waals surface area contributed by atoms with Crippen LogP contribution < -0.4 is 5.32 Å². The second-order valence-corrected chi connectivity index (χ2v) is 7.73. The van der Waals surface area contributed by atoms with E-state index < -0.39 is 16.0 Å². The van der Waals surface area contributed by atoms with Crippen molar-refractivity contribution in [1.82, 2.24) is 5.32 Å². The zero-order chi connectivity index (χ0) is 14.6.